The van der Waals surface area contributed by atoms with E-state index in [4.69, 9.17) is 16.4 Å². The summed E-state index contributed by atoms with van der Waals surface area (Å²) in [6.45, 7) is 0. The van der Waals surface area contributed by atoms with E-state index >= 15 is 0 Å². The summed E-state index contributed by atoms with van der Waals surface area (Å²) in [5, 5.41) is 12.0. The van der Waals surface area contributed by atoms with E-state index in [2.05, 4.69) is 4.98 Å². The molecular weight excluding hydrogens is 256 g/mol. The molecular formula is C12H11ClN2O3. The Hall–Kier alpha value is -1.85. The predicted octanol–water partition coefficient (Wildman–Crippen LogP) is 2.23. The van der Waals surface area contributed by atoms with Gasteiger partial charge in [-0.15, -0.1) is 0 Å². The van der Waals surface area contributed by atoms with Crippen LogP contribution in [0, 0.1) is 0 Å². The first-order valence-corrected chi connectivity index (χ1v) is 5.52. The number of phenolic OH excluding ortho intramolecular Hbond substituents is 1. The van der Waals surface area contributed by atoms with Gasteiger partial charge in [-0.05, 0) is 18.2 Å². The largest absolute Gasteiger partial charge is 0.505 e. The second-order valence-corrected chi connectivity index (χ2v) is 4.05. The van der Waals surface area contributed by atoms with E-state index in [1.165, 1.54) is 26.4 Å². The Kier molecular flexibility index (Phi) is 3.36. The highest BCUT2D eigenvalue weighted by atomic mass is 35.5. The van der Waals surface area contributed by atoms with Crippen LogP contribution in [0.5, 0.6) is 5.75 Å². The van der Waals surface area contributed by atoms with Crippen molar-refractivity contribution in [1.82, 2.24) is 10.0 Å². The van der Waals surface area contributed by atoms with E-state index in [1.54, 1.807) is 12.1 Å². The van der Waals surface area contributed by atoms with Crippen LogP contribution in [0.4, 0.5) is 0 Å². The maximum absolute atomic E-state index is 11.9. The lowest BCUT2D eigenvalue weighted by Gasteiger charge is -2.15. The van der Waals surface area contributed by atoms with Crippen LogP contribution in [0.15, 0.2) is 24.4 Å². The molecule has 0 aliphatic rings. The molecule has 5 nitrogen and oxygen atoms in total. The van der Waals surface area contributed by atoms with Crippen LogP contribution in [-0.2, 0) is 4.84 Å². The van der Waals surface area contributed by atoms with Crippen molar-refractivity contribution in [2.75, 3.05) is 14.2 Å². The SMILES string of the molecule is CON(C)C(=O)c1cc(Cl)c2cccnc2c1O. The molecule has 0 atom stereocenters. The smallest absolute Gasteiger partial charge is 0.281 e. The van der Waals surface area contributed by atoms with Crippen molar-refractivity contribution in [3.63, 3.8) is 0 Å². The number of halogens is 1. The van der Waals surface area contributed by atoms with Gasteiger partial charge in [0, 0.05) is 18.6 Å². The number of hydrogen-bond donors (Lipinski definition) is 1. The van der Waals surface area contributed by atoms with Crippen molar-refractivity contribution in [2.24, 2.45) is 0 Å². The van der Waals surface area contributed by atoms with Crippen molar-refractivity contribution in [3.8, 4) is 5.75 Å². The number of hydroxylamine groups is 2. The van der Waals surface area contributed by atoms with Gasteiger partial charge in [0.25, 0.3) is 5.91 Å². The van der Waals surface area contributed by atoms with Crippen molar-refractivity contribution in [3.05, 3.63) is 35.0 Å². The van der Waals surface area contributed by atoms with Gasteiger partial charge in [0.1, 0.15) is 5.52 Å². The van der Waals surface area contributed by atoms with Crippen molar-refractivity contribution in [1.29, 1.82) is 0 Å². The van der Waals surface area contributed by atoms with Gasteiger partial charge in [-0.1, -0.05) is 11.6 Å². The highest BCUT2D eigenvalue weighted by Gasteiger charge is 2.20. The first-order valence-electron chi connectivity index (χ1n) is 5.14. The molecule has 0 unspecified atom stereocenters. The average Bonchev–Trinajstić information content (AvgIpc) is 2.41. The van der Waals surface area contributed by atoms with E-state index in [0.717, 1.165) is 5.06 Å². The van der Waals surface area contributed by atoms with Crippen molar-refractivity contribution < 1.29 is 14.7 Å². The number of aromatic hydroxyl groups is 1. The number of rotatable bonds is 2. The van der Waals surface area contributed by atoms with Crippen LogP contribution < -0.4 is 0 Å². The normalized spacial score (nSPS) is 10.6. The zero-order valence-electron chi connectivity index (χ0n) is 9.85. The molecule has 1 heterocycles. The van der Waals surface area contributed by atoms with Crippen molar-refractivity contribution >= 4 is 28.4 Å². The van der Waals surface area contributed by atoms with Crippen LogP contribution in [0.2, 0.25) is 5.02 Å². The molecule has 94 valence electrons. The lowest BCUT2D eigenvalue weighted by Crippen LogP contribution is -2.25. The lowest BCUT2D eigenvalue weighted by molar-refractivity contribution is -0.0758. The van der Waals surface area contributed by atoms with Gasteiger partial charge in [0.05, 0.1) is 17.7 Å². The third kappa shape index (κ3) is 1.98. The Morgan fingerprint density at radius 1 is 1.56 bits per heavy atom. The average molecular weight is 267 g/mol. The molecule has 1 aromatic heterocycles. The van der Waals surface area contributed by atoms with Crippen molar-refractivity contribution in [2.45, 2.75) is 0 Å². The predicted molar refractivity (Wildman–Crippen MR) is 67.5 cm³/mol. The Labute approximate surface area is 109 Å². The molecule has 2 aromatic rings. The number of aromatic nitrogens is 1. The molecule has 2 rings (SSSR count). The van der Waals surface area contributed by atoms with Crippen LogP contribution >= 0.6 is 11.6 Å². The molecule has 0 aliphatic heterocycles. The molecule has 18 heavy (non-hydrogen) atoms. The van der Waals surface area contributed by atoms with Crippen LogP contribution in [0.3, 0.4) is 0 Å². The molecule has 1 amide bonds. The number of fused-ring (bicyclic) bond motifs is 1. The second kappa shape index (κ2) is 4.80. The summed E-state index contributed by atoms with van der Waals surface area (Å²) in [7, 11) is 2.80. The minimum Gasteiger partial charge on any atom is -0.505 e. The summed E-state index contributed by atoms with van der Waals surface area (Å²) < 4.78 is 0. The molecule has 0 aliphatic carbocycles. The fourth-order valence-corrected chi connectivity index (χ4v) is 1.86. The van der Waals surface area contributed by atoms with Crippen LogP contribution in [-0.4, -0.2) is 35.2 Å². The number of carbonyl (C=O) groups is 1. The minimum atomic E-state index is -0.496. The van der Waals surface area contributed by atoms with Gasteiger partial charge in [0.15, 0.2) is 5.75 Å². The number of hydrogen-bond acceptors (Lipinski definition) is 4. The number of nitrogens with zero attached hydrogens (tertiary/aromatic N) is 2. The van der Waals surface area contributed by atoms with Crippen LogP contribution in [0.25, 0.3) is 10.9 Å². The summed E-state index contributed by atoms with van der Waals surface area (Å²) in [4.78, 5) is 20.8. The van der Waals surface area contributed by atoms with E-state index < -0.39 is 5.91 Å². The highest BCUT2D eigenvalue weighted by Crippen LogP contribution is 2.33. The van der Waals surface area contributed by atoms with Gasteiger partial charge in [-0.3, -0.25) is 14.6 Å². The molecule has 0 spiro atoms. The zero-order chi connectivity index (χ0) is 13.3. The quantitative estimate of drug-likeness (QED) is 0.847. The molecule has 0 saturated carbocycles. The molecule has 1 N–H and O–H groups in total. The number of phenols is 1. The third-order valence-electron chi connectivity index (χ3n) is 2.61. The summed E-state index contributed by atoms with van der Waals surface area (Å²) in [5.41, 5.74) is 0.341. The Morgan fingerprint density at radius 3 is 2.94 bits per heavy atom. The van der Waals surface area contributed by atoms with E-state index in [1.807, 2.05) is 0 Å². The fraction of sp³-hybridized carbons (Fsp3) is 0.167. The number of pyridine rings is 1. The van der Waals surface area contributed by atoms with E-state index in [-0.39, 0.29) is 16.8 Å². The van der Waals surface area contributed by atoms with Gasteiger partial charge in [0.2, 0.25) is 0 Å². The maximum atomic E-state index is 11.9. The summed E-state index contributed by atoms with van der Waals surface area (Å²) >= 11 is 6.06. The summed E-state index contributed by atoms with van der Waals surface area (Å²) in [5.74, 6) is -0.701. The Morgan fingerprint density at radius 2 is 2.28 bits per heavy atom. The van der Waals surface area contributed by atoms with Gasteiger partial charge < -0.3 is 5.11 Å². The summed E-state index contributed by atoms with van der Waals surface area (Å²) in [6, 6.07) is 4.83. The Balaban J connectivity index is 2.67. The topological polar surface area (TPSA) is 62.7 Å². The van der Waals surface area contributed by atoms with Gasteiger partial charge in [-0.2, -0.15) is 0 Å². The second-order valence-electron chi connectivity index (χ2n) is 3.64. The molecule has 0 saturated heterocycles. The number of amides is 1. The van der Waals surface area contributed by atoms with Gasteiger partial charge in [-0.25, -0.2) is 5.06 Å². The molecule has 0 fully saturated rings. The highest BCUT2D eigenvalue weighted by molar-refractivity contribution is 6.36. The first-order chi connectivity index (χ1) is 8.56. The van der Waals surface area contributed by atoms with E-state index in [9.17, 15) is 9.90 Å². The van der Waals surface area contributed by atoms with E-state index in [0.29, 0.717) is 10.4 Å². The monoisotopic (exact) mass is 266 g/mol. The number of carbonyl (C=O) groups excluding carboxylic acids is 1. The van der Waals surface area contributed by atoms with Crippen LogP contribution in [0.1, 0.15) is 10.4 Å². The molecule has 6 heteroatoms. The lowest BCUT2D eigenvalue weighted by atomic mass is 10.1. The Bertz CT molecular complexity index is 616. The fourth-order valence-electron chi connectivity index (χ4n) is 1.60. The third-order valence-corrected chi connectivity index (χ3v) is 2.92. The molecule has 1 aromatic carbocycles. The molecule has 0 bridgehead atoms. The minimum absolute atomic E-state index is 0.0514. The standard InChI is InChI=1S/C12H11ClN2O3/c1-15(18-2)12(17)8-6-9(13)7-4-3-5-14-10(7)11(8)16/h3-6,16H,1-2H3. The molecule has 0 radical (unpaired) electrons. The first kappa shape index (κ1) is 12.6. The van der Waals surface area contributed by atoms with Gasteiger partial charge >= 0.3 is 0 Å². The summed E-state index contributed by atoms with van der Waals surface area (Å²) in [6.07, 6.45) is 1.52. The number of benzene rings is 1. The maximum Gasteiger partial charge on any atom is 0.281 e. The zero-order valence-corrected chi connectivity index (χ0v) is 10.6.